The van der Waals surface area contributed by atoms with Crippen LogP contribution in [0, 0.1) is 0 Å². The highest BCUT2D eigenvalue weighted by molar-refractivity contribution is 5.87. The Balaban J connectivity index is 3.81. The molecule has 0 rings (SSSR count). The zero-order valence-corrected chi connectivity index (χ0v) is 9.19. The highest BCUT2D eigenvalue weighted by Crippen LogP contribution is 1.88. The highest BCUT2D eigenvalue weighted by atomic mass is 16.4. The summed E-state index contributed by atoms with van der Waals surface area (Å²) in [6, 6.07) is -0.999. The van der Waals surface area contributed by atoms with Gasteiger partial charge in [-0.2, -0.15) is 0 Å². The van der Waals surface area contributed by atoms with Gasteiger partial charge < -0.3 is 20.8 Å². The molecule has 92 valence electrons. The van der Waals surface area contributed by atoms with Gasteiger partial charge in [0, 0.05) is 0 Å². The molecule has 0 saturated carbocycles. The third kappa shape index (κ3) is 6.77. The van der Waals surface area contributed by atoms with Crippen molar-refractivity contribution in [3.05, 3.63) is 0 Å². The van der Waals surface area contributed by atoms with Crippen LogP contribution in [0.5, 0.6) is 0 Å². The van der Waals surface area contributed by atoms with E-state index in [2.05, 4.69) is 10.6 Å². The number of carboxylic acids is 1. The Kier molecular flexibility index (Phi) is 6.09. The molecular weight excluding hydrogens is 216 g/mol. The molecule has 0 fully saturated rings. The lowest BCUT2D eigenvalue weighted by Crippen LogP contribution is -2.44. The van der Waals surface area contributed by atoms with Gasteiger partial charge in [0.15, 0.2) is 0 Å². The van der Waals surface area contributed by atoms with E-state index in [1.54, 1.807) is 0 Å². The maximum absolute atomic E-state index is 11.1. The van der Waals surface area contributed by atoms with Crippen LogP contribution in [0.4, 0.5) is 0 Å². The molecule has 2 unspecified atom stereocenters. The van der Waals surface area contributed by atoms with E-state index < -0.39 is 29.9 Å². The number of aliphatic hydroxyl groups excluding tert-OH is 1. The largest absolute Gasteiger partial charge is 0.480 e. The minimum absolute atomic E-state index is 0.0955. The van der Waals surface area contributed by atoms with Crippen molar-refractivity contribution in [2.24, 2.45) is 0 Å². The van der Waals surface area contributed by atoms with Crippen LogP contribution in [-0.4, -0.2) is 46.7 Å². The standard InChI is InChI=1S/C9H16N2O5/c1-5(12)3-7(13)10-4-8(14)11-6(2)9(15)16/h5-6,12H,3-4H2,1-2H3,(H,10,13)(H,11,14)(H,15,16). The molecule has 0 bridgehead atoms. The summed E-state index contributed by atoms with van der Waals surface area (Å²) in [5.74, 6) is -2.20. The molecule has 0 aromatic rings. The van der Waals surface area contributed by atoms with E-state index in [9.17, 15) is 14.4 Å². The lowest BCUT2D eigenvalue weighted by Gasteiger charge is -2.10. The molecule has 0 aromatic carbocycles. The number of hydrogen-bond acceptors (Lipinski definition) is 4. The Morgan fingerprint density at radius 3 is 2.19 bits per heavy atom. The summed E-state index contributed by atoms with van der Waals surface area (Å²) in [4.78, 5) is 32.5. The van der Waals surface area contributed by atoms with Crippen LogP contribution in [0.3, 0.4) is 0 Å². The van der Waals surface area contributed by atoms with Gasteiger partial charge in [0.25, 0.3) is 0 Å². The summed E-state index contributed by atoms with van der Waals surface area (Å²) in [5, 5.41) is 21.8. The number of carboxylic acid groups (broad SMARTS) is 1. The lowest BCUT2D eigenvalue weighted by molar-refractivity contribution is -0.141. The van der Waals surface area contributed by atoms with Crippen molar-refractivity contribution in [1.29, 1.82) is 0 Å². The van der Waals surface area contributed by atoms with Gasteiger partial charge in [0.2, 0.25) is 11.8 Å². The van der Waals surface area contributed by atoms with Gasteiger partial charge >= 0.3 is 5.97 Å². The predicted molar refractivity (Wildman–Crippen MR) is 54.5 cm³/mol. The van der Waals surface area contributed by atoms with E-state index in [0.29, 0.717) is 0 Å². The van der Waals surface area contributed by atoms with E-state index >= 15 is 0 Å². The molecule has 2 amide bonds. The quantitative estimate of drug-likeness (QED) is 0.443. The van der Waals surface area contributed by atoms with Crippen LogP contribution >= 0.6 is 0 Å². The van der Waals surface area contributed by atoms with Gasteiger partial charge in [-0.3, -0.25) is 14.4 Å². The topological polar surface area (TPSA) is 116 Å². The Morgan fingerprint density at radius 1 is 1.19 bits per heavy atom. The number of amides is 2. The first-order chi connectivity index (χ1) is 7.32. The van der Waals surface area contributed by atoms with Crippen molar-refractivity contribution in [2.75, 3.05) is 6.54 Å². The van der Waals surface area contributed by atoms with Crippen molar-refractivity contribution >= 4 is 17.8 Å². The van der Waals surface area contributed by atoms with Crippen LogP contribution in [0.15, 0.2) is 0 Å². The molecule has 0 radical (unpaired) electrons. The van der Waals surface area contributed by atoms with Gasteiger partial charge in [0.05, 0.1) is 19.1 Å². The second kappa shape index (κ2) is 6.78. The third-order valence-electron chi connectivity index (χ3n) is 1.67. The van der Waals surface area contributed by atoms with E-state index in [1.807, 2.05) is 0 Å². The molecule has 0 aromatic heterocycles. The van der Waals surface area contributed by atoms with Gasteiger partial charge in [-0.1, -0.05) is 0 Å². The van der Waals surface area contributed by atoms with Gasteiger partial charge in [-0.15, -0.1) is 0 Å². The summed E-state index contributed by atoms with van der Waals surface area (Å²) in [5.41, 5.74) is 0. The zero-order valence-electron chi connectivity index (χ0n) is 9.19. The molecule has 2 atom stereocenters. The van der Waals surface area contributed by atoms with Crippen molar-refractivity contribution in [3.8, 4) is 0 Å². The molecule has 0 aliphatic rings. The summed E-state index contributed by atoms with van der Waals surface area (Å²) >= 11 is 0. The number of nitrogens with one attached hydrogen (secondary N) is 2. The second-order valence-corrected chi connectivity index (χ2v) is 3.46. The fraction of sp³-hybridized carbons (Fsp3) is 0.667. The summed E-state index contributed by atoms with van der Waals surface area (Å²) in [6.45, 7) is 2.47. The first-order valence-corrected chi connectivity index (χ1v) is 4.80. The summed E-state index contributed by atoms with van der Waals surface area (Å²) < 4.78 is 0. The molecule has 0 heterocycles. The number of hydrogen-bond donors (Lipinski definition) is 4. The average Bonchev–Trinajstić information content (AvgIpc) is 2.13. The number of aliphatic carboxylic acids is 1. The van der Waals surface area contributed by atoms with Crippen molar-refractivity contribution < 1.29 is 24.6 Å². The first kappa shape index (κ1) is 14.4. The monoisotopic (exact) mass is 232 g/mol. The Morgan fingerprint density at radius 2 is 1.75 bits per heavy atom. The van der Waals surface area contributed by atoms with Crippen LogP contribution in [0.2, 0.25) is 0 Å². The van der Waals surface area contributed by atoms with Crippen LogP contribution in [0.1, 0.15) is 20.3 Å². The molecule has 7 nitrogen and oxygen atoms in total. The van der Waals surface area contributed by atoms with E-state index in [4.69, 9.17) is 10.2 Å². The Bertz CT molecular complexity index is 277. The van der Waals surface area contributed by atoms with E-state index in [0.717, 1.165) is 0 Å². The normalized spacial score (nSPS) is 13.7. The molecule has 0 saturated heterocycles. The molecule has 0 spiro atoms. The Hall–Kier alpha value is -1.63. The smallest absolute Gasteiger partial charge is 0.325 e. The summed E-state index contributed by atoms with van der Waals surface area (Å²) in [6.07, 6.45) is -0.872. The van der Waals surface area contributed by atoms with Crippen molar-refractivity contribution in [1.82, 2.24) is 10.6 Å². The van der Waals surface area contributed by atoms with E-state index in [-0.39, 0.29) is 13.0 Å². The van der Waals surface area contributed by atoms with Crippen LogP contribution in [-0.2, 0) is 14.4 Å². The van der Waals surface area contributed by atoms with Gasteiger partial charge in [-0.25, -0.2) is 0 Å². The number of carbonyl (C=O) groups excluding carboxylic acids is 2. The maximum atomic E-state index is 11.1. The summed E-state index contributed by atoms with van der Waals surface area (Å²) in [7, 11) is 0. The van der Waals surface area contributed by atoms with Gasteiger partial charge in [-0.05, 0) is 13.8 Å². The van der Waals surface area contributed by atoms with Crippen molar-refractivity contribution in [3.63, 3.8) is 0 Å². The number of aliphatic hydroxyl groups is 1. The van der Waals surface area contributed by atoms with E-state index in [1.165, 1.54) is 13.8 Å². The van der Waals surface area contributed by atoms with Crippen LogP contribution < -0.4 is 10.6 Å². The molecule has 4 N–H and O–H groups in total. The average molecular weight is 232 g/mol. The number of carbonyl (C=O) groups is 3. The third-order valence-corrected chi connectivity index (χ3v) is 1.67. The molecule has 0 aliphatic heterocycles. The highest BCUT2D eigenvalue weighted by Gasteiger charge is 2.14. The molecule has 0 aliphatic carbocycles. The second-order valence-electron chi connectivity index (χ2n) is 3.46. The minimum atomic E-state index is -1.15. The molecular formula is C9H16N2O5. The lowest BCUT2D eigenvalue weighted by atomic mass is 10.3. The minimum Gasteiger partial charge on any atom is -0.480 e. The fourth-order valence-corrected chi connectivity index (χ4v) is 0.874. The zero-order chi connectivity index (χ0) is 12.7. The van der Waals surface area contributed by atoms with Crippen molar-refractivity contribution in [2.45, 2.75) is 32.4 Å². The Labute approximate surface area is 92.8 Å². The van der Waals surface area contributed by atoms with Crippen LogP contribution in [0.25, 0.3) is 0 Å². The first-order valence-electron chi connectivity index (χ1n) is 4.80. The predicted octanol–water partition coefficient (Wildman–Crippen LogP) is -1.54. The SMILES string of the molecule is CC(O)CC(=O)NCC(=O)NC(C)C(=O)O. The molecule has 16 heavy (non-hydrogen) atoms. The number of rotatable bonds is 6. The fourth-order valence-electron chi connectivity index (χ4n) is 0.874. The van der Waals surface area contributed by atoms with Gasteiger partial charge in [0.1, 0.15) is 6.04 Å². The maximum Gasteiger partial charge on any atom is 0.325 e. The molecule has 7 heteroatoms.